The molecule has 1 heteroatoms. The summed E-state index contributed by atoms with van der Waals surface area (Å²) in [6, 6.07) is 4.19. The lowest BCUT2D eigenvalue weighted by molar-refractivity contribution is 1.21. The third-order valence-corrected chi connectivity index (χ3v) is 2.23. The monoisotopic (exact) mass is 151 g/mol. The van der Waals surface area contributed by atoms with E-state index in [9.17, 15) is 0 Å². The van der Waals surface area contributed by atoms with Crippen LogP contribution in [-0.4, -0.2) is 0 Å². The lowest BCUT2D eigenvalue weighted by Crippen LogP contribution is -1.83. The number of rotatable bonds is 0. The topological polar surface area (TPSA) is 0 Å². The first kappa shape index (κ1) is 7.55. The molecule has 0 fully saturated rings. The van der Waals surface area contributed by atoms with Gasteiger partial charge in [0.1, 0.15) is 0 Å². The minimum atomic E-state index is 0.975. The molecule has 1 aromatic carbocycles. The van der Waals surface area contributed by atoms with Gasteiger partial charge in [-0.2, -0.15) is 0 Å². The van der Waals surface area contributed by atoms with Crippen molar-refractivity contribution < 1.29 is 0 Å². The van der Waals surface area contributed by atoms with E-state index in [0.717, 1.165) is 4.90 Å². The van der Waals surface area contributed by atoms with Gasteiger partial charge in [0.25, 0.3) is 0 Å². The minimum Gasteiger partial charge on any atom is -0.0798 e. The van der Waals surface area contributed by atoms with E-state index < -0.39 is 0 Å². The van der Waals surface area contributed by atoms with Crippen LogP contribution in [0, 0.1) is 20.8 Å². The molecule has 0 aliphatic rings. The average molecular weight is 151 g/mol. The summed E-state index contributed by atoms with van der Waals surface area (Å²) in [7, 11) is 0. The maximum Gasteiger partial charge on any atom is 0.0409 e. The van der Waals surface area contributed by atoms with Gasteiger partial charge in [0.05, 0.1) is 0 Å². The van der Waals surface area contributed by atoms with Crippen LogP contribution in [0.1, 0.15) is 16.7 Å². The van der Waals surface area contributed by atoms with Crippen LogP contribution in [0.5, 0.6) is 0 Å². The van der Waals surface area contributed by atoms with Crippen molar-refractivity contribution >= 4 is 12.6 Å². The Morgan fingerprint density at radius 1 is 0.900 bits per heavy atom. The Bertz CT molecular complexity index is 201. The molecule has 0 atom stereocenters. The predicted molar refractivity (Wildman–Crippen MR) is 46.5 cm³/mol. The third-order valence-electron chi connectivity index (χ3n) is 1.79. The normalized spacial score (nSPS) is 9.90. The highest BCUT2D eigenvalue weighted by Crippen LogP contribution is 2.17. The molecule has 0 bridgehead atoms. The van der Waals surface area contributed by atoms with E-state index in [0.29, 0.717) is 0 Å². The SMILES string of the molecule is Cc1cc(C)c([S])cc1C. The molecule has 10 heavy (non-hydrogen) atoms. The molecule has 0 spiro atoms. The first-order chi connectivity index (χ1) is 4.61. The maximum atomic E-state index is 5.10. The Balaban J connectivity index is 3.28. The molecule has 0 amide bonds. The standard InChI is InChI=1S/C9H11S/c1-6-4-8(3)9(10)5-7(6)2/h4-5H,1-3H3. The summed E-state index contributed by atoms with van der Waals surface area (Å²) < 4.78 is 0. The Morgan fingerprint density at radius 2 is 1.40 bits per heavy atom. The number of hydrogen-bond acceptors (Lipinski definition) is 0. The highest BCUT2D eigenvalue weighted by molar-refractivity contribution is 7.80. The zero-order valence-corrected chi connectivity index (χ0v) is 7.38. The lowest BCUT2D eigenvalue weighted by atomic mass is 10.1. The Morgan fingerprint density at radius 3 is 1.90 bits per heavy atom. The first-order valence-electron chi connectivity index (χ1n) is 3.36. The van der Waals surface area contributed by atoms with Gasteiger partial charge in [-0.1, -0.05) is 18.7 Å². The second kappa shape index (κ2) is 2.59. The molecule has 0 saturated heterocycles. The van der Waals surface area contributed by atoms with Crippen molar-refractivity contribution in [2.24, 2.45) is 0 Å². The van der Waals surface area contributed by atoms with Crippen molar-refractivity contribution in [3.05, 3.63) is 28.8 Å². The van der Waals surface area contributed by atoms with E-state index in [4.69, 9.17) is 12.6 Å². The van der Waals surface area contributed by atoms with Gasteiger partial charge in [-0.05, 0) is 43.5 Å². The summed E-state index contributed by atoms with van der Waals surface area (Å²) in [4.78, 5) is 0.975. The van der Waals surface area contributed by atoms with Crippen LogP contribution < -0.4 is 0 Å². The van der Waals surface area contributed by atoms with Crippen LogP contribution >= 0.6 is 12.6 Å². The van der Waals surface area contributed by atoms with Crippen LogP contribution in [0.25, 0.3) is 0 Å². The van der Waals surface area contributed by atoms with E-state index >= 15 is 0 Å². The molecular weight excluding hydrogens is 140 g/mol. The highest BCUT2D eigenvalue weighted by atomic mass is 32.1. The molecule has 0 aliphatic heterocycles. The Kier molecular flexibility index (Phi) is 1.95. The zero-order valence-electron chi connectivity index (χ0n) is 6.56. The fourth-order valence-corrected chi connectivity index (χ4v) is 1.17. The van der Waals surface area contributed by atoms with Crippen molar-refractivity contribution in [1.82, 2.24) is 0 Å². The predicted octanol–water partition coefficient (Wildman–Crippen LogP) is 3.17. The molecule has 0 aromatic heterocycles. The van der Waals surface area contributed by atoms with Crippen molar-refractivity contribution in [2.75, 3.05) is 0 Å². The third kappa shape index (κ3) is 1.29. The van der Waals surface area contributed by atoms with Gasteiger partial charge in [0.2, 0.25) is 0 Å². The van der Waals surface area contributed by atoms with Gasteiger partial charge in [-0.3, -0.25) is 0 Å². The van der Waals surface area contributed by atoms with E-state index in [1.54, 1.807) is 0 Å². The van der Waals surface area contributed by atoms with Crippen LogP contribution in [0.15, 0.2) is 17.0 Å². The van der Waals surface area contributed by atoms with Crippen LogP contribution in [0.4, 0.5) is 0 Å². The molecule has 1 rings (SSSR count). The highest BCUT2D eigenvalue weighted by Gasteiger charge is 1.96. The molecule has 0 aliphatic carbocycles. The second-order valence-electron chi connectivity index (χ2n) is 2.70. The second-order valence-corrected chi connectivity index (χ2v) is 3.14. The van der Waals surface area contributed by atoms with E-state index in [2.05, 4.69) is 32.9 Å². The summed E-state index contributed by atoms with van der Waals surface area (Å²) in [5.41, 5.74) is 3.82. The first-order valence-corrected chi connectivity index (χ1v) is 3.77. The summed E-state index contributed by atoms with van der Waals surface area (Å²) >= 11 is 5.10. The van der Waals surface area contributed by atoms with Crippen molar-refractivity contribution in [2.45, 2.75) is 25.7 Å². The largest absolute Gasteiger partial charge is 0.0798 e. The van der Waals surface area contributed by atoms with Crippen LogP contribution in [0.2, 0.25) is 0 Å². The lowest BCUT2D eigenvalue weighted by Gasteiger charge is -2.02. The fraction of sp³-hybridized carbons (Fsp3) is 0.333. The molecule has 53 valence electrons. The summed E-state index contributed by atoms with van der Waals surface area (Å²) in [6.07, 6.45) is 0. The maximum absolute atomic E-state index is 5.10. The molecule has 0 unspecified atom stereocenters. The van der Waals surface area contributed by atoms with Gasteiger partial charge in [-0.15, -0.1) is 0 Å². The average Bonchev–Trinajstić information content (AvgIpc) is 1.84. The van der Waals surface area contributed by atoms with Gasteiger partial charge >= 0.3 is 0 Å². The molecule has 1 radical (unpaired) electrons. The van der Waals surface area contributed by atoms with Crippen molar-refractivity contribution in [1.29, 1.82) is 0 Å². The molecule has 0 heterocycles. The molecule has 1 aromatic rings. The van der Waals surface area contributed by atoms with E-state index in [1.165, 1.54) is 16.7 Å². The summed E-state index contributed by atoms with van der Waals surface area (Å²) in [5, 5.41) is 0. The zero-order chi connectivity index (χ0) is 7.72. The minimum absolute atomic E-state index is 0.975. The molecule has 0 N–H and O–H groups in total. The van der Waals surface area contributed by atoms with E-state index in [-0.39, 0.29) is 0 Å². The summed E-state index contributed by atoms with van der Waals surface area (Å²) in [6.45, 7) is 6.25. The van der Waals surface area contributed by atoms with Gasteiger partial charge < -0.3 is 0 Å². The molecule has 0 nitrogen and oxygen atoms in total. The molecular formula is C9H11S. The van der Waals surface area contributed by atoms with Gasteiger partial charge in [0, 0.05) is 4.90 Å². The number of hydrogen-bond donors (Lipinski definition) is 0. The van der Waals surface area contributed by atoms with Crippen molar-refractivity contribution in [3.63, 3.8) is 0 Å². The number of benzene rings is 1. The smallest absolute Gasteiger partial charge is 0.0409 e. The molecule has 0 saturated carbocycles. The van der Waals surface area contributed by atoms with Crippen LogP contribution in [-0.2, 0) is 0 Å². The number of aryl methyl sites for hydroxylation is 3. The van der Waals surface area contributed by atoms with Crippen LogP contribution in [0.3, 0.4) is 0 Å². The van der Waals surface area contributed by atoms with Gasteiger partial charge in [-0.25, -0.2) is 0 Å². The fourth-order valence-electron chi connectivity index (χ4n) is 0.934. The Labute approximate surface area is 67.7 Å². The van der Waals surface area contributed by atoms with E-state index in [1.807, 2.05) is 0 Å². The summed E-state index contributed by atoms with van der Waals surface area (Å²) in [5.74, 6) is 0. The van der Waals surface area contributed by atoms with Crippen molar-refractivity contribution in [3.8, 4) is 0 Å². The quantitative estimate of drug-likeness (QED) is 0.534. The van der Waals surface area contributed by atoms with Gasteiger partial charge in [0.15, 0.2) is 0 Å². The Hall–Kier alpha value is -0.560.